The Labute approximate surface area is 200 Å². The van der Waals surface area contributed by atoms with Crippen LogP contribution >= 0.6 is 0 Å². The lowest BCUT2D eigenvalue weighted by molar-refractivity contribution is -0.479. The zero-order valence-electron chi connectivity index (χ0n) is 17.2. The van der Waals surface area contributed by atoms with Crippen LogP contribution in [0.15, 0.2) is 0 Å². The van der Waals surface area contributed by atoms with Gasteiger partial charge in [-0.25, -0.2) is 4.39 Å². The summed E-state index contributed by atoms with van der Waals surface area (Å²) in [6.07, 6.45) is -16.6. The number of hydrogen-bond donors (Lipinski definition) is 1. The third-order valence-corrected chi connectivity index (χ3v) is 4.68. The van der Waals surface area contributed by atoms with Gasteiger partial charge in [0.2, 0.25) is 0 Å². The number of halogens is 24. The number of alkyl halides is 24. The van der Waals surface area contributed by atoms with Crippen LogP contribution in [0.25, 0.3) is 0 Å². The fraction of sp³-hybridized carbons (Fsp3) is 0.929. The maximum atomic E-state index is 13.5. The van der Waals surface area contributed by atoms with Gasteiger partial charge in [0.1, 0.15) is 0 Å². The lowest BCUT2D eigenvalue weighted by atomic mass is 9.84. The van der Waals surface area contributed by atoms with Gasteiger partial charge in [0, 0.05) is 0 Å². The maximum absolute atomic E-state index is 13.5. The molecule has 26 heteroatoms. The normalized spacial score (nSPS) is 17.2. The Morgan fingerprint density at radius 3 is 0.825 bits per heavy atom. The molecule has 0 aliphatic heterocycles. The van der Waals surface area contributed by atoms with E-state index in [4.69, 9.17) is 5.11 Å². The van der Waals surface area contributed by atoms with Crippen LogP contribution in [-0.4, -0.2) is 82.6 Å². The molecule has 0 fully saturated rings. The van der Waals surface area contributed by atoms with E-state index in [1.165, 1.54) is 0 Å². The second kappa shape index (κ2) is 9.40. The Morgan fingerprint density at radius 1 is 0.425 bits per heavy atom. The molecule has 0 aromatic heterocycles. The van der Waals surface area contributed by atoms with Gasteiger partial charge in [-0.1, -0.05) is 0 Å². The van der Waals surface area contributed by atoms with Crippen LogP contribution in [0.3, 0.4) is 0 Å². The minimum Gasteiger partial charge on any atom is -0.481 e. The smallest absolute Gasteiger partial charge is 0.460 e. The molecule has 0 aromatic carbocycles. The van der Waals surface area contributed by atoms with Crippen LogP contribution in [0.1, 0.15) is 6.42 Å². The zero-order chi connectivity index (χ0) is 33.4. The summed E-state index contributed by atoms with van der Waals surface area (Å²) in [5.74, 6) is -93.3. The summed E-state index contributed by atoms with van der Waals surface area (Å²) < 4.78 is 315. The van der Waals surface area contributed by atoms with Gasteiger partial charge >= 0.3 is 71.4 Å². The molecule has 0 radical (unpaired) electrons. The second-order valence-corrected chi connectivity index (χ2v) is 7.36. The maximum Gasteiger partial charge on any atom is 0.460 e. The van der Waals surface area contributed by atoms with Crippen molar-refractivity contribution in [1.29, 1.82) is 0 Å². The average Bonchev–Trinajstić information content (AvgIpc) is 2.70. The molecule has 0 saturated carbocycles. The number of carboxylic acids is 1. The van der Waals surface area contributed by atoms with Crippen molar-refractivity contribution in [3.8, 4) is 0 Å². The summed E-state index contributed by atoms with van der Waals surface area (Å²) in [5.41, 5.74) is 0. The van der Waals surface area contributed by atoms with Crippen molar-refractivity contribution in [3.05, 3.63) is 0 Å². The second-order valence-electron chi connectivity index (χ2n) is 7.36. The fourth-order valence-corrected chi connectivity index (χ4v) is 2.25. The van der Waals surface area contributed by atoms with Crippen LogP contribution in [0.4, 0.5) is 105 Å². The molecule has 0 aliphatic carbocycles. The molecule has 0 saturated heterocycles. The molecule has 40 heavy (non-hydrogen) atoms. The van der Waals surface area contributed by atoms with Crippen LogP contribution in [0.5, 0.6) is 0 Å². The molecule has 0 aliphatic rings. The van der Waals surface area contributed by atoms with E-state index in [1.54, 1.807) is 0 Å². The summed E-state index contributed by atoms with van der Waals surface area (Å²) in [6, 6.07) is 0. The van der Waals surface area contributed by atoms with Gasteiger partial charge in [-0.3, -0.25) is 4.79 Å². The highest BCUT2D eigenvalue weighted by atomic mass is 19.4. The van der Waals surface area contributed by atoms with Crippen molar-refractivity contribution in [2.75, 3.05) is 0 Å². The highest BCUT2D eigenvalue weighted by molar-refractivity contribution is 5.67. The first-order valence-corrected chi connectivity index (χ1v) is 8.54. The molecule has 0 amide bonds. The van der Waals surface area contributed by atoms with Crippen LogP contribution in [0, 0.1) is 0 Å². The minimum absolute atomic E-state index is 2.99. The molecular weight excluding hydrogens is 656 g/mol. The summed E-state index contributed by atoms with van der Waals surface area (Å²) >= 11 is 0. The van der Waals surface area contributed by atoms with Crippen LogP contribution < -0.4 is 0 Å². The number of hydrogen-bond acceptors (Lipinski definition) is 1. The van der Waals surface area contributed by atoms with Gasteiger partial charge in [0.15, 0.2) is 6.17 Å². The van der Waals surface area contributed by atoms with Gasteiger partial charge < -0.3 is 5.11 Å². The first-order valence-electron chi connectivity index (χ1n) is 8.54. The van der Waals surface area contributed by atoms with Crippen molar-refractivity contribution in [1.82, 2.24) is 0 Å². The van der Waals surface area contributed by atoms with E-state index in [9.17, 15) is 110 Å². The fourth-order valence-electron chi connectivity index (χ4n) is 2.25. The highest BCUT2D eigenvalue weighted by Crippen LogP contribution is 2.67. The Kier molecular flexibility index (Phi) is 8.88. The van der Waals surface area contributed by atoms with Crippen molar-refractivity contribution in [2.45, 2.75) is 78.0 Å². The Hall–Kier alpha value is -2.21. The summed E-state index contributed by atoms with van der Waals surface area (Å²) in [6.45, 7) is 0. The standard InChI is InChI=1S/C14H4F24O2/c15-2(1-3(39)40)4(16,17)5(18,19)6(20,21)7(22,23)8(24,25)9(26,27)10(28,29)11(30,31)12(32,33)13(34,35)14(36,37)38/h2H,1H2,(H,39,40). The topological polar surface area (TPSA) is 37.3 Å². The van der Waals surface area contributed by atoms with Gasteiger partial charge in [-0.05, 0) is 0 Å². The highest BCUT2D eigenvalue weighted by Gasteiger charge is 2.99. The molecule has 0 heterocycles. The predicted octanol–water partition coefficient (Wildman–Crippen LogP) is 7.71. The summed E-state index contributed by atoms with van der Waals surface area (Å²) in [5, 5.41) is 7.94. The molecule has 0 bridgehead atoms. The molecule has 240 valence electrons. The van der Waals surface area contributed by atoms with Gasteiger partial charge in [-0.2, -0.15) is 101 Å². The molecule has 1 atom stereocenters. The van der Waals surface area contributed by atoms with Crippen molar-refractivity contribution < 1.29 is 115 Å². The molecule has 2 nitrogen and oxygen atoms in total. The van der Waals surface area contributed by atoms with E-state index >= 15 is 0 Å². The summed E-state index contributed by atoms with van der Waals surface area (Å²) in [4.78, 5) is 10.0. The van der Waals surface area contributed by atoms with Crippen molar-refractivity contribution >= 4 is 5.97 Å². The van der Waals surface area contributed by atoms with E-state index in [-0.39, 0.29) is 0 Å². The van der Waals surface area contributed by atoms with Gasteiger partial charge in [-0.15, -0.1) is 0 Å². The number of rotatable bonds is 12. The molecule has 1 N–H and O–H groups in total. The molecule has 0 aromatic rings. The average molecular weight is 660 g/mol. The number of carboxylic acid groups (broad SMARTS) is 1. The van der Waals surface area contributed by atoms with E-state index in [1.807, 2.05) is 0 Å². The first kappa shape index (κ1) is 37.8. The van der Waals surface area contributed by atoms with Gasteiger partial charge in [0.05, 0.1) is 6.42 Å². The zero-order valence-corrected chi connectivity index (χ0v) is 17.2. The Balaban J connectivity index is 7.22. The van der Waals surface area contributed by atoms with Crippen molar-refractivity contribution in [2.24, 2.45) is 0 Å². The molecule has 1 unspecified atom stereocenters. The van der Waals surface area contributed by atoms with Crippen LogP contribution in [-0.2, 0) is 4.79 Å². The number of aliphatic carboxylic acids is 1. The third kappa shape index (κ3) is 4.53. The van der Waals surface area contributed by atoms with Crippen LogP contribution in [0.2, 0.25) is 0 Å². The SMILES string of the molecule is O=C(O)CC(F)C(F)(F)C(F)(F)C(F)(F)C(F)(F)C(F)(F)C(F)(F)C(F)(F)C(F)(F)C(F)(F)C(F)(F)C(F)(F)F. The van der Waals surface area contributed by atoms with Gasteiger partial charge in [0.25, 0.3) is 0 Å². The Bertz CT molecular complexity index is 944. The lowest BCUT2D eigenvalue weighted by Crippen LogP contribution is -2.78. The van der Waals surface area contributed by atoms with E-state index in [0.29, 0.717) is 0 Å². The summed E-state index contributed by atoms with van der Waals surface area (Å²) in [7, 11) is 0. The third-order valence-electron chi connectivity index (χ3n) is 4.68. The number of carbonyl (C=O) groups is 1. The largest absolute Gasteiger partial charge is 0.481 e. The van der Waals surface area contributed by atoms with Crippen molar-refractivity contribution in [3.63, 3.8) is 0 Å². The quantitative estimate of drug-likeness (QED) is 0.218. The monoisotopic (exact) mass is 660 g/mol. The lowest BCUT2D eigenvalue weighted by Gasteiger charge is -2.45. The Morgan fingerprint density at radius 2 is 0.625 bits per heavy atom. The molecule has 0 spiro atoms. The van der Waals surface area contributed by atoms with E-state index < -0.39 is 84.0 Å². The first-order chi connectivity index (χ1) is 16.8. The van der Waals surface area contributed by atoms with E-state index in [2.05, 4.69) is 0 Å². The van der Waals surface area contributed by atoms with E-state index in [0.717, 1.165) is 0 Å². The minimum atomic E-state index is -9.55. The molecule has 0 rings (SSSR count). The predicted molar refractivity (Wildman–Crippen MR) is 72.7 cm³/mol. The molecular formula is C14H4F24O2.